The Morgan fingerprint density at radius 3 is 2.14 bits per heavy atom. The molecule has 5 nitrogen and oxygen atoms in total. The number of ether oxygens (including phenoxy) is 3. The van der Waals surface area contributed by atoms with Crippen LogP contribution >= 0.6 is 0 Å². The summed E-state index contributed by atoms with van der Waals surface area (Å²) in [6.07, 6.45) is -1.28. The van der Waals surface area contributed by atoms with Crippen LogP contribution < -0.4 is 0 Å². The fourth-order valence-electron chi connectivity index (χ4n) is 2.72. The van der Waals surface area contributed by atoms with E-state index in [0.29, 0.717) is 11.1 Å². The van der Waals surface area contributed by atoms with Gasteiger partial charge in [-0.3, -0.25) is 9.59 Å². The lowest BCUT2D eigenvalue weighted by Gasteiger charge is -2.29. The summed E-state index contributed by atoms with van der Waals surface area (Å²) in [6.45, 7) is 5.62. The highest BCUT2D eigenvalue weighted by Gasteiger charge is 2.63. The molecule has 2 unspecified atom stereocenters. The van der Waals surface area contributed by atoms with Crippen molar-refractivity contribution in [1.82, 2.24) is 0 Å². The molecule has 0 N–H and O–H groups in total. The molecule has 0 aromatic heterocycles. The lowest BCUT2D eigenvalue weighted by atomic mass is 9.74. The minimum absolute atomic E-state index is 0.343. The van der Waals surface area contributed by atoms with Gasteiger partial charge < -0.3 is 14.2 Å². The van der Waals surface area contributed by atoms with Crippen LogP contribution in [0.15, 0.2) is 42.5 Å². The van der Waals surface area contributed by atoms with E-state index in [2.05, 4.69) is 6.58 Å². The molecule has 0 radical (unpaired) electrons. The highest BCUT2D eigenvalue weighted by molar-refractivity contribution is 6.05. The van der Waals surface area contributed by atoms with Gasteiger partial charge in [0.05, 0.1) is 20.3 Å². The summed E-state index contributed by atoms with van der Waals surface area (Å²) in [4.78, 5) is 24.8. The van der Waals surface area contributed by atoms with Crippen LogP contribution in [-0.2, 0) is 23.8 Å². The van der Waals surface area contributed by atoms with Crippen molar-refractivity contribution in [2.45, 2.75) is 19.1 Å². The maximum Gasteiger partial charge on any atom is 0.330 e. The monoisotopic (exact) mass is 290 g/mol. The number of esters is 2. The standard InChI is InChI=1S/C16H18O5/c1-10-11(2)21-13(12-8-6-5-7-9-12)16(10,14(17)19-3)15(18)20-4/h5-9,11,13H,1H2,2-4H3. The first kappa shape index (κ1) is 15.3. The number of benzene rings is 1. The van der Waals surface area contributed by atoms with Crippen LogP contribution in [-0.4, -0.2) is 32.3 Å². The van der Waals surface area contributed by atoms with Crippen molar-refractivity contribution < 1.29 is 23.8 Å². The van der Waals surface area contributed by atoms with Crippen LogP contribution in [0, 0.1) is 5.41 Å². The topological polar surface area (TPSA) is 61.8 Å². The summed E-state index contributed by atoms with van der Waals surface area (Å²) in [7, 11) is 2.46. The average Bonchev–Trinajstić information content (AvgIpc) is 2.79. The molecule has 1 aliphatic rings. The Hall–Kier alpha value is -2.14. The van der Waals surface area contributed by atoms with Crippen LogP contribution in [0.25, 0.3) is 0 Å². The van der Waals surface area contributed by atoms with Gasteiger partial charge >= 0.3 is 11.9 Å². The van der Waals surface area contributed by atoms with Gasteiger partial charge in [0.25, 0.3) is 0 Å². The van der Waals surface area contributed by atoms with Crippen LogP contribution in [0.2, 0.25) is 0 Å². The van der Waals surface area contributed by atoms with Crippen molar-refractivity contribution in [1.29, 1.82) is 0 Å². The second-order valence-corrected chi connectivity index (χ2v) is 4.89. The summed E-state index contributed by atoms with van der Waals surface area (Å²) >= 11 is 0. The quantitative estimate of drug-likeness (QED) is 0.484. The van der Waals surface area contributed by atoms with E-state index in [-0.39, 0.29) is 0 Å². The molecule has 0 saturated carbocycles. The Morgan fingerprint density at radius 1 is 1.14 bits per heavy atom. The number of hydrogen-bond donors (Lipinski definition) is 0. The predicted molar refractivity (Wildman–Crippen MR) is 75.3 cm³/mol. The number of carbonyl (C=O) groups excluding carboxylic acids is 2. The first-order chi connectivity index (χ1) is 9.99. The van der Waals surface area contributed by atoms with Gasteiger partial charge in [0.2, 0.25) is 5.41 Å². The molecular weight excluding hydrogens is 272 g/mol. The highest BCUT2D eigenvalue weighted by atomic mass is 16.6. The van der Waals surface area contributed by atoms with Gasteiger partial charge in [-0.05, 0) is 18.1 Å². The van der Waals surface area contributed by atoms with Crippen LogP contribution in [0.5, 0.6) is 0 Å². The largest absolute Gasteiger partial charge is 0.468 e. The van der Waals surface area contributed by atoms with E-state index in [9.17, 15) is 9.59 Å². The SMILES string of the molecule is C=C1C(C)OC(c2ccccc2)C1(C(=O)OC)C(=O)OC. The Kier molecular flexibility index (Phi) is 4.14. The van der Waals surface area contributed by atoms with E-state index in [1.165, 1.54) is 14.2 Å². The maximum absolute atomic E-state index is 12.4. The molecule has 112 valence electrons. The van der Waals surface area contributed by atoms with E-state index in [4.69, 9.17) is 14.2 Å². The molecule has 2 atom stereocenters. The zero-order chi connectivity index (χ0) is 15.6. The molecule has 2 rings (SSSR count). The number of hydrogen-bond acceptors (Lipinski definition) is 5. The molecule has 1 aromatic rings. The zero-order valence-corrected chi connectivity index (χ0v) is 12.3. The molecular formula is C16H18O5. The number of rotatable bonds is 3. The highest BCUT2D eigenvalue weighted by Crippen LogP contribution is 2.52. The van der Waals surface area contributed by atoms with Gasteiger partial charge in [-0.1, -0.05) is 36.9 Å². The lowest BCUT2D eigenvalue weighted by Crippen LogP contribution is -2.45. The Bertz CT molecular complexity index is 547. The van der Waals surface area contributed by atoms with Gasteiger partial charge in [0, 0.05) is 0 Å². The van der Waals surface area contributed by atoms with Crippen LogP contribution in [0.3, 0.4) is 0 Å². The van der Waals surface area contributed by atoms with Gasteiger partial charge in [-0.25, -0.2) is 0 Å². The maximum atomic E-state index is 12.4. The Morgan fingerprint density at radius 2 is 1.67 bits per heavy atom. The van der Waals surface area contributed by atoms with E-state index < -0.39 is 29.6 Å². The van der Waals surface area contributed by atoms with E-state index in [1.54, 1.807) is 19.1 Å². The third kappa shape index (κ3) is 2.14. The first-order valence-corrected chi connectivity index (χ1v) is 6.56. The number of methoxy groups -OCH3 is 2. The van der Waals surface area contributed by atoms with Crippen molar-refractivity contribution >= 4 is 11.9 Å². The van der Waals surface area contributed by atoms with Crippen molar-refractivity contribution in [3.05, 3.63) is 48.0 Å². The summed E-state index contributed by atoms with van der Waals surface area (Å²) in [6, 6.07) is 9.04. The number of carbonyl (C=O) groups is 2. The molecule has 1 fully saturated rings. The third-order valence-electron chi connectivity index (χ3n) is 3.85. The molecule has 0 spiro atoms. The normalized spacial score (nSPS) is 23.7. The van der Waals surface area contributed by atoms with E-state index >= 15 is 0 Å². The summed E-state index contributed by atoms with van der Waals surface area (Å²) < 4.78 is 15.5. The molecule has 21 heavy (non-hydrogen) atoms. The van der Waals surface area contributed by atoms with Crippen LogP contribution in [0.1, 0.15) is 18.6 Å². The van der Waals surface area contributed by atoms with E-state index in [0.717, 1.165) is 0 Å². The first-order valence-electron chi connectivity index (χ1n) is 6.56. The van der Waals surface area contributed by atoms with Crippen molar-refractivity contribution in [2.75, 3.05) is 14.2 Å². The molecule has 1 aliphatic heterocycles. The van der Waals surface area contributed by atoms with Crippen LogP contribution in [0.4, 0.5) is 0 Å². The lowest BCUT2D eigenvalue weighted by molar-refractivity contribution is -0.171. The minimum Gasteiger partial charge on any atom is -0.468 e. The average molecular weight is 290 g/mol. The summed E-state index contributed by atoms with van der Waals surface area (Å²) in [5.74, 6) is -1.45. The predicted octanol–water partition coefficient (Wildman–Crippen LogP) is 2.03. The smallest absolute Gasteiger partial charge is 0.330 e. The summed E-state index contributed by atoms with van der Waals surface area (Å²) in [5.41, 5.74) is -0.640. The van der Waals surface area contributed by atoms with Gasteiger partial charge in [0.1, 0.15) is 6.10 Å². The Balaban J connectivity index is 2.64. The second-order valence-electron chi connectivity index (χ2n) is 4.89. The molecule has 5 heteroatoms. The fraction of sp³-hybridized carbons (Fsp3) is 0.375. The van der Waals surface area contributed by atoms with Crippen molar-refractivity contribution in [3.8, 4) is 0 Å². The van der Waals surface area contributed by atoms with Gasteiger partial charge in [-0.15, -0.1) is 0 Å². The molecule has 0 amide bonds. The second kappa shape index (κ2) is 5.69. The van der Waals surface area contributed by atoms with Crippen molar-refractivity contribution in [2.24, 2.45) is 5.41 Å². The van der Waals surface area contributed by atoms with Crippen molar-refractivity contribution in [3.63, 3.8) is 0 Å². The van der Waals surface area contributed by atoms with E-state index in [1.807, 2.05) is 18.2 Å². The van der Waals surface area contributed by atoms with Gasteiger partial charge in [0.15, 0.2) is 0 Å². The molecule has 1 saturated heterocycles. The molecule has 1 heterocycles. The molecule has 0 bridgehead atoms. The molecule has 1 aromatic carbocycles. The Labute approximate surface area is 123 Å². The zero-order valence-electron chi connectivity index (χ0n) is 12.3. The molecule has 0 aliphatic carbocycles. The summed E-state index contributed by atoms with van der Waals surface area (Å²) in [5, 5.41) is 0. The minimum atomic E-state index is -1.68. The van der Waals surface area contributed by atoms with Gasteiger partial charge in [-0.2, -0.15) is 0 Å². The fourth-order valence-corrected chi connectivity index (χ4v) is 2.72. The third-order valence-corrected chi connectivity index (χ3v) is 3.85.